The lowest BCUT2D eigenvalue weighted by Crippen LogP contribution is -2.25. The van der Waals surface area contributed by atoms with E-state index in [0.717, 1.165) is 44.5 Å². The zero-order valence-electron chi connectivity index (χ0n) is 10.5. The fourth-order valence-electron chi connectivity index (χ4n) is 2.40. The quantitative estimate of drug-likeness (QED) is 0.832. The lowest BCUT2D eigenvalue weighted by molar-refractivity contribution is -0.131. The van der Waals surface area contributed by atoms with Crippen LogP contribution in [0.3, 0.4) is 0 Å². The summed E-state index contributed by atoms with van der Waals surface area (Å²) in [5.74, 6) is -0.827. The molecule has 0 bridgehead atoms. The van der Waals surface area contributed by atoms with Crippen molar-refractivity contribution in [2.45, 2.75) is 25.8 Å². The van der Waals surface area contributed by atoms with Gasteiger partial charge in [0.05, 0.1) is 0 Å². The molecule has 1 saturated heterocycles. The molecule has 0 amide bonds. The molecule has 0 aliphatic carbocycles. The number of benzene rings is 1. The Bertz CT molecular complexity index is 425. The van der Waals surface area contributed by atoms with Crippen LogP contribution in [0.25, 0.3) is 0 Å². The van der Waals surface area contributed by atoms with Gasteiger partial charge in [0.15, 0.2) is 0 Å². The van der Waals surface area contributed by atoms with E-state index in [4.69, 9.17) is 5.11 Å². The van der Waals surface area contributed by atoms with Crippen molar-refractivity contribution in [1.29, 1.82) is 0 Å². The molecule has 1 aromatic rings. The monoisotopic (exact) mass is 245 g/mol. The SMILES string of the molecule is O=C(O)C=C1CCCCN(Cc2ccccc2)C1. The van der Waals surface area contributed by atoms with Gasteiger partial charge in [0.2, 0.25) is 0 Å². The summed E-state index contributed by atoms with van der Waals surface area (Å²) < 4.78 is 0. The van der Waals surface area contributed by atoms with Gasteiger partial charge in [-0.2, -0.15) is 0 Å². The molecule has 1 fully saturated rings. The van der Waals surface area contributed by atoms with Gasteiger partial charge < -0.3 is 5.11 Å². The number of carboxylic acids is 1. The van der Waals surface area contributed by atoms with E-state index in [9.17, 15) is 4.79 Å². The van der Waals surface area contributed by atoms with Crippen molar-refractivity contribution in [1.82, 2.24) is 4.90 Å². The largest absolute Gasteiger partial charge is 0.478 e. The molecule has 0 saturated carbocycles. The molecule has 0 atom stereocenters. The fourth-order valence-corrected chi connectivity index (χ4v) is 2.40. The highest BCUT2D eigenvalue weighted by Crippen LogP contribution is 2.17. The average molecular weight is 245 g/mol. The fraction of sp³-hybridized carbons (Fsp3) is 0.400. The van der Waals surface area contributed by atoms with Crippen LogP contribution in [0, 0.1) is 0 Å². The minimum Gasteiger partial charge on any atom is -0.478 e. The Morgan fingerprint density at radius 2 is 2.06 bits per heavy atom. The van der Waals surface area contributed by atoms with E-state index in [-0.39, 0.29) is 0 Å². The van der Waals surface area contributed by atoms with E-state index in [1.165, 1.54) is 11.6 Å². The van der Waals surface area contributed by atoms with E-state index in [1.54, 1.807) is 0 Å². The van der Waals surface area contributed by atoms with Crippen molar-refractivity contribution < 1.29 is 9.90 Å². The highest BCUT2D eigenvalue weighted by atomic mass is 16.4. The Balaban J connectivity index is 2.01. The molecule has 1 N–H and O–H groups in total. The molecule has 1 aromatic carbocycles. The minimum atomic E-state index is -0.827. The number of nitrogens with zero attached hydrogens (tertiary/aromatic N) is 1. The summed E-state index contributed by atoms with van der Waals surface area (Å²) in [6.45, 7) is 2.73. The standard InChI is InChI=1S/C15H19NO2/c17-15(18)10-14-8-4-5-9-16(12-14)11-13-6-2-1-3-7-13/h1-3,6-7,10H,4-5,8-9,11-12H2,(H,17,18). The molecule has 0 radical (unpaired) electrons. The van der Waals surface area contributed by atoms with Gasteiger partial charge in [-0.3, -0.25) is 4.90 Å². The van der Waals surface area contributed by atoms with Crippen LogP contribution in [0.5, 0.6) is 0 Å². The maximum Gasteiger partial charge on any atom is 0.328 e. The Labute approximate surface area is 108 Å². The predicted octanol–water partition coefficient (Wildman–Crippen LogP) is 2.68. The molecule has 3 heteroatoms. The van der Waals surface area contributed by atoms with Gasteiger partial charge in [-0.1, -0.05) is 30.3 Å². The molecule has 1 aliphatic rings. The zero-order valence-corrected chi connectivity index (χ0v) is 10.5. The maximum absolute atomic E-state index is 10.7. The first-order valence-electron chi connectivity index (χ1n) is 6.43. The number of hydrogen-bond donors (Lipinski definition) is 1. The molecular formula is C15H19NO2. The number of rotatable bonds is 3. The molecule has 0 spiro atoms. The molecule has 96 valence electrons. The normalized spacial score (nSPS) is 19.7. The van der Waals surface area contributed by atoms with Crippen molar-refractivity contribution >= 4 is 5.97 Å². The topological polar surface area (TPSA) is 40.5 Å². The van der Waals surface area contributed by atoms with Crippen LogP contribution in [0.2, 0.25) is 0 Å². The first-order chi connectivity index (χ1) is 8.74. The van der Waals surface area contributed by atoms with Gasteiger partial charge in [-0.05, 0) is 36.9 Å². The molecule has 3 nitrogen and oxygen atoms in total. The van der Waals surface area contributed by atoms with E-state index >= 15 is 0 Å². The minimum absolute atomic E-state index is 0.779. The van der Waals surface area contributed by atoms with Gasteiger partial charge in [0.1, 0.15) is 0 Å². The second-order valence-electron chi connectivity index (χ2n) is 4.79. The smallest absolute Gasteiger partial charge is 0.328 e. The lowest BCUT2D eigenvalue weighted by Gasteiger charge is -2.20. The number of hydrogen-bond acceptors (Lipinski definition) is 2. The molecule has 1 aliphatic heterocycles. The number of carboxylic acid groups (broad SMARTS) is 1. The summed E-state index contributed by atoms with van der Waals surface area (Å²) in [6, 6.07) is 10.3. The average Bonchev–Trinajstić information content (AvgIpc) is 2.55. The number of carbonyl (C=O) groups is 1. The van der Waals surface area contributed by atoms with Gasteiger partial charge in [-0.15, -0.1) is 0 Å². The highest BCUT2D eigenvalue weighted by Gasteiger charge is 2.13. The lowest BCUT2D eigenvalue weighted by atomic mass is 10.1. The second kappa shape index (κ2) is 6.36. The summed E-state index contributed by atoms with van der Waals surface area (Å²) >= 11 is 0. The van der Waals surface area contributed by atoms with Crippen molar-refractivity contribution in [3.05, 3.63) is 47.5 Å². The van der Waals surface area contributed by atoms with Crippen LogP contribution in [0.4, 0.5) is 0 Å². The summed E-state index contributed by atoms with van der Waals surface area (Å²) in [5, 5.41) is 8.84. The van der Waals surface area contributed by atoms with E-state index in [1.807, 2.05) is 18.2 Å². The highest BCUT2D eigenvalue weighted by molar-refractivity contribution is 5.80. The maximum atomic E-state index is 10.7. The molecule has 18 heavy (non-hydrogen) atoms. The third kappa shape index (κ3) is 4.00. The van der Waals surface area contributed by atoms with Crippen LogP contribution in [-0.2, 0) is 11.3 Å². The molecule has 1 heterocycles. The van der Waals surface area contributed by atoms with Gasteiger partial charge in [0, 0.05) is 19.2 Å². The molecule has 0 aromatic heterocycles. The number of aliphatic carboxylic acids is 1. The third-order valence-electron chi connectivity index (χ3n) is 3.23. The van der Waals surface area contributed by atoms with Crippen LogP contribution in [-0.4, -0.2) is 29.1 Å². The first kappa shape index (κ1) is 12.8. The Morgan fingerprint density at radius 1 is 1.28 bits per heavy atom. The molecule has 2 rings (SSSR count). The van der Waals surface area contributed by atoms with Crippen LogP contribution < -0.4 is 0 Å². The Kier molecular flexibility index (Phi) is 4.53. The summed E-state index contributed by atoms with van der Waals surface area (Å²) in [4.78, 5) is 13.1. The van der Waals surface area contributed by atoms with E-state index in [2.05, 4.69) is 17.0 Å². The Morgan fingerprint density at radius 3 is 2.78 bits per heavy atom. The van der Waals surface area contributed by atoms with Crippen molar-refractivity contribution in [3.63, 3.8) is 0 Å². The molecular weight excluding hydrogens is 226 g/mol. The second-order valence-corrected chi connectivity index (χ2v) is 4.79. The van der Waals surface area contributed by atoms with Crippen molar-refractivity contribution in [2.75, 3.05) is 13.1 Å². The number of likely N-dealkylation sites (tertiary alicyclic amines) is 1. The van der Waals surface area contributed by atoms with Crippen LogP contribution >= 0.6 is 0 Å². The summed E-state index contributed by atoms with van der Waals surface area (Å²) in [6.07, 6.45) is 4.52. The van der Waals surface area contributed by atoms with Crippen molar-refractivity contribution in [2.24, 2.45) is 0 Å². The van der Waals surface area contributed by atoms with Gasteiger partial charge in [-0.25, -0.2) is 4.79 Å². The third-order valence-corrected chi connectivity index (χ3v) is 3.23. The summed E-state index contributed by atoms with van der Waals surface area (Å²) in [5.41, 5.74) is 2.32. The first-order valence-corrected chi connectivity index (χ1v) is 6.43. The van der Waals surface area contributed by atoms with Gasteiger partial charge >= 0.3 is 5.97 Å². The van der Waals surface area contributed by atoms with Crippen LogP contribution in [0.1, 0.15) is 24.8 Å². The Hall–Kier alpha value is -1.61. The summed E-state index contributed by atoms with van der Waals surface area (Å²) in [7, 11) is 0. The zero-order chi connectivity index (χ0) is 12.8. The predicted molar refractivity (Wildman–Crippen MR) is 71.3 cm³/mol. The van der Waals surface area contributed by atoms with E-state index < -0.39 is 5.97 Å². The van der Waals surface area contributed by atoms with Crippen LogP contribution in [0.15, 0.2) is 42.0 Å². The van der Waals surface area contributed by atoms with Crippen molar-refractivity contribution in [3.8, 4) is 0 Å². The van der Waals surface area contributed by atoms with E-state index in [0.29, 0.717) is 0 Å². The van der Waals surface area contributed by atoms with Gasteiger partial charge in [0.25, 0.3) is 0 Å². The molecule has 0 unspecified atom stereocenters.